The molecule has 0 radical (unpaired) electrons. The first kappa shape index (κ1) is 15.5. The summed E-state index contributed by atoms with van der Waals surface area (Å²) in [6.45, 7) is 1.77. The minimum atomic E-state index is -0.371. The van der Waals surface area contributed by atoms with Crippen molar-refractivity contribution in [1.29, 1.82) is 0 Å². The number of hydrogen-bond donors (Lipinski definition) is 2. The van der Waals surface area contributed by atoms with Crippen molar-refractivity contribution in [3.05, 3.63) is 45.8 Å². The summed E-state index contributed by atoms with van der Waals surface area (Å²) in [5, 5.41) is 17.5. The number of hydrogen-bond acceptors (Lipinski definition) is 6. The number of carbonyl (C=O) groups is 1. The maximum absolute atomic E-state index is 12.6. The molecule has 1 aromatic carbocycles. The van der Waals surface area contributed by atoms with Crippen molar-refractivity contribution in [2.75, 3.05) is 5.32 Å². The molecule has 0 fully saturated rings. The minimum Gasteiger partial charge on any atom is -0.350 e. The Bertz CT molecular complexity index is 1140. The maximum Gasteiger partial charge on any atom is 0.291 e. The van der Waals surface area contributed by atoms with Crippen LogP contribution in [0.25, 0.3) is 21.8 Å². The highest BCUT2D eigenvalue weighted by molar-refractivity contribution is 7.15. The molecule has 126 valence electrons. The molecule has 1 amide bonds. The van der Waals surface area contributed by atoms with Gasteiger partial charge in [0, 0.05) is 16.3 Å². The van der Waals surface area contributed by atoms with Crippen LogP contribution in [-0.2, 0) is 17.8 Å². The highest BCUT2D eigenvalue weighted by Crippen LogP contribution is 2.21. The average Bonchev–Trinajstić information content (AvgIpc) is 3.22. The predicted molar refractivity (Wildman–Crippen MR) is 95.8 cm³/mol. The van der Waals surface area contributed by atoms with Crippen LogP contribution in [0.2, 0.25) is 0 Å². The summed E-state index contributed by atoms with van der Waals surface area (Å²) in [4.78, 5) is 27.9. The lowest BCUT2D eigenvalue weighted by Gasteiger charge is -2.04. The highest BCUT2D eigenvalue weighted by Gasteiger charge is 2.13. The van der Waals surface area contributed by atoms with Crippen LogP contribution in [0, 0.1) is 0 Å². The Balaban J connectivity index is 1.63. The molecule has 0 aliphatic rings. The number of carbonyl (C=O) groups excluding carboxylic acids is 1. The van der Waals surface area contributed by atoms with Crippen LogP contribution in [0.15, 0.2) is 35.3 Å². The van der Waals surface area contributed by atoms with E-state index in [1.807, 2.05) is 31.2 Å². The van der Waals surface area contributed by atoms with Crippen molar-refractivity contribution >= 4 is 44.2 Å². The number of nitrogens with one attached hydrogen (secondary N) is 2. The van der Waals surface area contributed by atoms with Gasteiger partial charge in [-0.2, -0.15) is 5.10 Å². The van der Waals surface area contributed by atoms with E-state index in [0.29, 0.717) is 10.6 Å². The Kier molecular flexibility index (Phi) is 3.77. The van der Waals surface area contributed by atoms with Crippen LogP contribution in [0.5, 0.6) is 0 Å². The molecule has 0 saturated carbocycles. The smallest absolute Gasteiger partial charge is 0.291 e. The third kappa shape index (κ3) is 2.78. The fraction of sp³-hybridized carbons (Fsp3) is 0.188. The summed E-state index contributed by atoms with van der Waals surface area (Å²) in [6, 6.07) is 7.62. The molecule has 3 aromatic heterocycles. The second kappa shape index (κ2) is 6.10. The molecule has 0 spiro atoms. The van der Waals surface area contributed by atoms with Crippen LogP contribution in [-0.4, -0.2) is 30.9 Å². The van der Waals surface area contributed by atoms with Gasteiger partial charge in [0.1, 0.15) is 17.1 Å². The number of aromatic nitrogens is 5. The SMILES string of the molecule is CCc1nnc(NC(=O)Cn2ncc3c([nH]c4ccccc43)c2=O)s1. The van der Waals surface area contributed by atoms with Crippen LogP contribution >= 0.6 is 11.3 Å². The van der Waals surface area contributed by atoms with Crippen LogP contribution in [0.4, 0.5) is 5.13 Å². The van der Waals surface area contributed by atoms with E-state index < -0.39 is 0 Å². The molecule has 2 N–H and O–H groups in total. The van der Waals surface area contributed by atoms with Gasteiger partial charge in [-0.3, -0.25) is 14.9 Å². The lowest BCUT2D eigenvalue weighted by atomic mass is 10.2. The number of aromatic amines is 1. The molecule has 25 heavy (non-hydrogen) atoms. The molecule has 0 bridgehead atoms. The molecule has 8 nitrogen and oxygen atoms in total. The van der Waals surface area contributed by atoms with Crippen LogP contribution in [0.1, 0.15) is 11.9 Å². The van der Waals surface area contributed by atoms with Crippen molar-refractivity contribution in [3.8, 4) is 0 Å². The van der Waals surface area contributed by atoms with Crippen LogP contribution < -0.4 is 10.9 Å². The van der Waals surface area contributed by atoms with Crippen molar-refractivity contribution in [1.82, 2.24) is 25.0 Å². The van der Waals surface area contributed by atoms with E-state index in [9.17, 15) is 9.59 Å². The zero-order valence-corrected chi connectivity index (χ0v) is 14.1. The Morgan fingerprint density at radius 1 is 1.28 bits per heavy atom. The Morgan fingerprint density at radius 3 is 2.92 bits per heavy atom. The molecule has 9 heteroatoms. The largest absolute Gasteiger partial charge is 0.350 e. The third-order valence-electron chi connectivity index (χ3n) is 3.83. The first-order chi connectivity index (χ1) is 12.2. The first-order valence-corrected chi connectivity index (χ1v) is 8.56. The number of benzene rings is 1. The van der Waals surface area contributed by atoms with E-state index >= 15 is 0 Å². The molecule has 0 aliphatic heterocycles. The summed E-state index contributed by atoms with van der Waals surface area (Å²) >= 11 is 1.31. The van der Waals surface area contributed by atoms with Crippen molar-refractivity contribution in [2.24, 2.45) is 0 Å². The van der Waals surface area contributed by atoms with Gasteiger partial charge in [-0.25, -0.2) is 4.68 Å². The molecular formula is C16H14N6O2S. The molecule has 0 saturated heterocycles. The molecule has 4 aromatic rings. The zero-order valence-electron chi connectivity index (χ0n) is 13.3. The second-order valence-corrected chi connectivity index (χ2v) is 6.53. The lowest BCUT2D eigenvalue weighted by Crippen LogP contribution is -2.29. The van der Waals surface area contributed by atoms with E-state index in [0.717, 1.165) is 32.4 Å². The van der Waals surface area contributed by atoms with Gasteiger partial charge in [0.2, 0.25) is 11.0 Å². The van der Waals surface area contributed by atoms with Gasteiger partial charge in [-0.05, 0) is 12.5 Å². The number of amides is 1. The van der Waals surface area contributed by atoms with Crippen LogP contribution in [0.3, 0.4) is 0 Å². The number of H-pyrrole nitrogens is 1. The van der Waals surface area contributed by atoms with E-state index in [2.05, 4.69) is 25.6 Å². The molecule has 0 unspecified atom stereocenters. The minimum absolute atomic E-state index is 0.189. The van der Waals surface area contributed by atoms with E-state index in [1.165, 1.54) is 11.3 Å². The highest BCUT2D eigenvalue weighted by atomic mass is 32.1. The molecular weight excluding hydrogens is 340 g/mol. The topological polar surface area (TPSA) is 106 Å². The molecule has 0 aliphatic carbocycles. The number of nitrogens with zero attached hydrogens (tertiary/aromatic N) is 4. The van der Waals surface area contributed by atoms with E-state index in [-0.39, 0.29) is 18.0 Å². The second-order valence-electron chi connectivity index (χ2n) is 5.47. The van der Waals surface area contributed by atoms with Crippen molar-refractivity contribution in [3.63, 3.8) is 0 Å². The van der Waals surface area contributed by atoms with Gasteiger partial charge in [0.15, 0.2) is 0 Å². The summed E-state index contributed by atoms with van der Waals surface area (Å²) in [6.07, 6.45) is 2.36. The number of anilines is 1. The van der Waals surface area contributed by atoms with Crippen molar-refractivity contribution < 1.29 is 4.79 Å². The maximum atomic E-state index is 12.6. The fourth-order valence-electron chi connectivity index (χ4n) is 2.63. The van der Waals surface area contributed by atoms with Gasteiger partial charge in [-0.15, -0.1) is 10.2 Å². The normalized spacial score (nSPS) is 11.2. The van der Waals surface area contributed by atoms with Crippen molar-refractivity contribution in [2.45, 2.75) is 19.9 Å². The average molecular weight is 354 g/mol. The van der Waals surface area contributed by atoms with Gasteiger partial charge in [-0.1, -0.05) is 36.5 Å². The molecule has 0 atom stereocenters. The predicted octanol–water partition coefficient (Wildman–Crippen LogP) is 1.93. The standard InChI is InChI=1S/C16H14N6O2S/c1-2-13-20-21-16(25-13)19-12(23)8-22-15(24)14-10(7-17-22)9-5-3-4-6-11(9)18-14/h3-7,18H,2,8H2,1H3,(H,19,21,23). The third-order valence-corrected chi connectivity index (χ3v) is 4.81. The molecule has 4 rings (SSSR count). The van der Waals surface area contributed by atoms with Gasteiger partial charge in [0.05, 0.1) is 6.20 Å². The lowest BCUT2D eigenvalue weighted by molar-refractivity contribution is -0.117. The first-order valence-electron chi connectivity index (χ1n) is 7.74. The monoisotopic (exact) mass is 354 g/mol. The summed E-state index contributed by atoms with van der Waals surface area (Å²) < 4.78 is 1.13. The zero-order chi connectivity index (χ0) is 17.4. The Morgan fingerprint density at radius 2 is 2.12 bits per heavy atom. The number of fused-ring (bicyclic) bond motifs is 3. The fourth-order valence-corrected chi connectivity index (χ4v) is 3.33. The molecule has 3 heterocycles. The van der Waals surface area contributed by atoms with Gasteiger partial charge >= 0.3 is 0 Å². The van der Waals surface area contributed by atoms with Gasteiger partial charge in [0.25, 0.3) is 5.56 Å². The van der Waals surface area contributed by atoms with Gasteiger partial charge < -0.3 is 4.98 Å². The summed E-state index contributed by atoms with van der Waals surface area (Å²) in [5.74, 6) is -0.371. The Labute approximate surface area is 145 Å². The Hall–Kier alpha value is -3.07. The van der Waals surface area contributed by atoms with E-state index in [1.54, 1.807) is 6.20 Å². The number of aryl methyl sites for hydroxylation is 1. The summed E-state index contributed by atoms with van der Waals surface area (Å²) in [5.41, 5.74) is 0.961. The van der Waals surface area contributed by atoms with E-state index in [4.69, 9.17) is 0 Å². The number of rotatable bonds is 4. The quantitative estimate of drug-likeness (QED) is 0.582. The summed E-state index contributed by atoms with van der Waals surface area (Å²) in [7, 11) is 0. The number of para-hydroxylation sites is 1.